The van der Waals surface area contributed by atoms with Crippen LogP contribution in [0.5, 0.6) is 0 Å². The van der Waals surface area contributed by atoms with Gasteiger partial charge >= 0.3 is 22.3 Å². The minimum atomic E-state index is -4.30. The van der Waals surface area contributed by atoms with Crippen LogP contribution in [0.3, 0.4) is 0 Å². The molecule has 2 fully saturated rings. The number of carbonyl (C=O) groups excluding carboxylic acids is 2. The summed E-state index contributed by atoms with van der Waals surface area (Å²) in [4.78, 5) is 22.9. The highest BCUT2D eigenvalue weighted by atomic mass is 32.3. The first kappa shape index (κ1) is 16.2. The third-order valence-corrected chi connectivity index (χ3v) is 4.62. The predicted octanol–water partition coefficient (Wildman–Crippen LogP) is 0.171. The summed E-state index contributed by atoms with van der Waals surface area (Å²) >= 11 is 0. The average Bonchev–Trinajstić information content (AvgIpc) is 2.91. The van der Waals surface area contributed by atoms with Gasteiger partial charge in [-0.3, -0.25) is 9.59 Å². The maximum atomic E-state index is 11.7. The van der Waals surface area contributed by atoms with Crippen molar-refractivity contribution in [2.45, 2.75) is 26.7 Å². The van der Waals surface area contributed by atoms with Gasteiger partial charge in [-0.05, 0) is 26.7 Å². The van der Waals surface area contributed by atoms with E-state index in [2.05, 4.69) is 0 Å². The van der Waals surface area contributed by atoms with E-state index >= 15 is 0 Å². The maximum Gasteiger partial charge on any atom is 0.399 e. The Labute approximate surface area is 123 Å². The van der Waals surface area contributed by atoms with Gasteiger partial charge < -0.3 is 9.47 Å². The zero-order chi connectivity index (χ0) is 15.7. The first-order valence-electron chi connectivity index (χ1n) is 6.55. The summed E-state index contributed by atoms with van der Waals surface area (Å²) in [5.41, 5.74) is -1.99. The molecular weight excluding hydrogens is 304 g/mol. The van der Waals surface area contributed by atoms with Crippen LogP contribution in [-0.2, 0) is 37.8 Å². The second-order valence-electron chi connectivity index (χ2n) is 5.83. The Morgan fingerprint density at radius 1 is 0.952 bits per heavy atom. The van der Waals surface area contributed by atoms with Crippen LogP contribution in [0.4, 0.5) is 0 Å². The van der Waals surface area contributed by atoms with Gasteiger partial charge in [0.2, 0.25) is 0 Å². The molecule has 0 spiro atoms. The minimum absolute atomic E-state index is 0.240. The molecule has 0 saturated carbocycles. The minimum Gasteiger partial charge on any atom is -0.465 e. The molecule has 0 N–H and O–H groups in total. The van der Waals surface area contributed by atoms with Gasteiger partial charge in [-0.25, -0.2) is 8.37 Å². The van der Waals surface area contributed by atoms with Crippen LogP contribution in [0.25, 0.3) is 0 Å². The standard InChI is InChI=1S/C12H18O8S/c1-11(3-5-17-9(11)13)7-19-21(15,16)20-8-12(2)4-6-18-10(12)14/h3-8H2,1-2H3/t11-,12-/m1/s1. The summed E-state index contributed by atoms with van der Waals surface area (Å²) in [5.74, 6) is -0.993. The maximum absolute atomic E-state index is 11.7. The van der Waals surface area contributed by atoms with Gasteiger partial charge in [0.05, 0.1) is 37.3 Å². The monoisotopic (exact) mass is 322 g/mol. The molecule has 0 unspecified atom stereocenters. The highest BCUT2D eigenvalue weighted by Crippen LogP contribution is 2.32. The number of cyclic esters (lactones) is 2. The van der Waals surface area contributed by atoms with Gasteiger partial charge in [0.1, 0.15) is 0 Å². The van der Waals surface area contributed by atoms with E-state index in [1.807, 2.05) is 0 Å². The molecule has 21 heavy (non-hydrogen) atoms. The Morgan fingerprint density at radius 2 is 1.33 bits per heavy atom. The quantitative estimate of drug-likeness (QED) is 0.637. The number of esters is 2. The van der Waals surface area contributed by atoms with Gasteiger partial charge in [-0.2, -0.15) is 8.42 Å². The van der Waals surface area contributed by atoms with Crippen molar-refractivity contribution < 1.29 is 35.8 Å². The van der Waals surface area contributed by atoms with Crippen molar-refractivity contribution in [2.75, 3.05) is 26.4 Å². The third-order valence-electron chi connectivity index (χ3n) is 3.80. The van der Waals surface area contributed by atoms with E-state index < -0.39 is 33.2 Å². The van der Waals surface area contributed by atoms with E-state index in [4.69, 9.17) is 17.8 Å². The number of hydrogen-bond donors (Lipinski definition) is 0. The van der Waals surface area contributed by atoms with Crippen LogP contribution in [0.2, 0.25) is 0 Å². The molecule has 8 nitrogen and oxygen atoms in total. The molecule has 0 aromatic rings. The molecule has 120 valence electrons. The van der Waals surface area contributed by atoms with Gasteiger partial charge in [0, 0.05) is 0 Å². The molecule has 0 bridgehead atoms. The molecule has 0 amide bonds. The molecule has 2 heterocycles. The van der Waals surface area contributed by atoms with E-state index in [0.29, 0.717) is 12.8 Å². The Bertz CT molecular complexity index is 499. The lowest BCUT2D eigenvalue weighted by Gasteiger charge is -2.20. The Morgan fingerprint density at radius 3 is 1.62 bits per heavy atom. The normalized spacial score (nSPS) is 33.0. The summed E-state index contributed by atoms with van der Waals surface area (Å²) in [6, 6.07) is 0. The van der Waals surface area contributed by atoms with Crippen molar-refractivity contribution in [1.29, 1.82) is 0 Å². The van der Waals surface area contributed by atoms with Crippen molar-refractivity contribution in [3.63, 3.8) is 0 Å². The molecule has 9 heteroatoms. The van der Waals surface area contributed by atoms with Crippen LogP contribution in [-0.4, -0.2) is 46.8 Å². The highest BCUT2D eigenvalue weighted by Gasteiger charge is 2.44. The van der Waals surface area contributed by atoms with Crippen molar-refractivity contribution in [1.82, 2.24) is 0 Å². The van der Waals surface area contributed by atoms with Crippen molar-refractivity contribution in [3.05, 3.63) is 0 Å². The van der Waals surface area contributed by atoms with Gasteiger partial charge in [0.25, 0.3) is 0 Å². The van der Waals surface area contributed by atoms with E-state index in [1.165, 1.54) is 0 Å². The lowest BCUT2D eigenvalue weighted by molar-refractivity contribution is -0.147. The zero-order valence-corrected chi connectivity index (χ0v) is 12.7. The van der Waals surface area contributed by atoms with E-state index in [0.717, 1.165) is 0 Å². The molecule has 0 aromatic heterocycles. The summed E-state index contributed by atoms with van der Waals surface area (Å²) < 4.78 is 42.4. The van der Waals surface area contributed by atoms with Gasteiger partial charge in [-0.1, -0.05) is 0 Å². The Balaban J connectivity index is 1.88. The summed E-state index contributed by atoms with van der Waals surface area (Å²) in [5, 5.41) is 0. The smallest absolute Gasteiger partial charge is 0.399 e. The fraction of sp³-hybridized carbons (Fsp3) is 0.833. The van der Waals surface area contributed by atoms with Crippen molar-refractivity contribution >= 4 is 22.3 Å². The SMILES string of the molecule is C[C@]1(COS(=O)(=O)OC[C@@]2(C)CCOC2=O)CCOC1=O. The number of ether oxygens (including phenoxy) is 2. The lowest BCUT2D eigenvalue weighted by atomic mass is 9.91. The number of rotatable bonds is 6. The molecule has 2 rings (SSSR count). The summed E-state index contributed by atoms with van der Waals surface area (Å²) in [7, 11) is -4.30. The highest BCUT2D eigenvalue weighted by molar-refractivity contribution is 7.81. The van der Waals surface area contributed by atoms with E-state index in [1.54, 1.807) is 13.8 Å². The van der Waals surface area contributed by atoms with Gasteiger partial charge in [-0.15, -0.1) is 0 Å². The van der Waals surface area contributed by atoms with Crippen molar-refractivity contribution in [3.8, 4) is 0 Å². The van der Waals surface area contributed by atoms with Gasteiger partial charge in [0.15, 0.2) is 0 Å². The fourth-order valence-corrected chi connectivity index (χ4v) is 2.87. The van der Waals surface area contributed by atoms with Crippen LogP contribution in [0.15, 0.2) is 0 Å². The van der Waals surface area contributed by atoms with Crippen LogP contribution in [0, 0.1) is 10.8 Å². The number of carbonyl (C=O) groups is 2. The van der Waals surface area contributed by atoms with Crippen LogP contribution in [0.1, 0.15) is 26.7 Å². The Hall–Kier alpha value is -1.19. The molecule has 0 aliphatic carbocycles. The topological polar surface area (TPSA) is 105 Å². The fourth-order valence-electron chi connectivity index (χ4n) is 1.99. The number of hydrogen-bond acceptors (Lipinski definition) is 8. The molecule has 0 aromatic carbocycles. The second-order valence-corrected chi connectivity index (χ2v) is 7.11. The van der Waals surface area contributed by atoms with E-state index in [9.17, 15) is 18.0 Å². The summed E-state index contributed by atoms with van der Waals surface area (Å²) in [6.45, 7) is 2.90. The zero-order valence-electron chi connectivity index (χ0n) is 11.9. The molecule has 2 aliphatic rings. The lowest BCUT2D eigenvalue weighted by Crippen LogP contribution is -2.33. The first-order valence-corrected chi connectivity index (χ1v) is 7.89. The molecule has 2 aliphatic heterocycles. The molecule has 0 radical (unpaired) electrons. The average molecular weight is 322 g/mol. The molecule has 2 atom stereocenters. The Kier molecular flexibility index (Phi) is 4.27. The largest absolute Gasteiger partial charge is 0.465 e. The third kappa shape index (κ3) is 3.53. The summed E-state index contributed by atoms with van der Waals surface area (Å²) in [6.07, 6.45) is 0.761. The molecule has 2 saturated heterocycles. The van der Waals surface area contributed by atoms with E-state index in [-0.39, 0.29) is 26.4 Å². The van der Waals surface area contributed by atoms with Crippen molar-refractivity contribution in [2.24, 2.45) is 10.8 Å². The van der Waals surface area contributed by atoms with Crippen LogP contribution >= 0.6 is 0 Å². The predicted molar refractivity (Wildman–Crippen MR) is 68.2 cm³/mol. The second kappa shape index (κ2) is 5.54. The molecular formula is C12H18O8S. The van der Waals surface area contributed by atoms with Crippen LogP contribution < -0.4 is 0 Å². The first-order chi connectivity index (χ1) is 9.67.